The van der Waals surface area contributed by atoms with Crippen LogP contribution in [0.4, 0.5) is 0 Å². The zero-order valence-corrected chi connectivity index (χ0v) is 8.57. The molecule has 1 heterocycles. The minimum absolute atomic E-state index is 0.00709. The van der Waals surface area contributed by atoms with Crippen LogP contribution in [0.3, 0.4) is 0 Å². The van der Waals surface area contributed by atoms with E-state index in [4.69, 9.17) is 0 Å². The van der Waals surface area contributed by atoms with Crippen LogP contribution in [0, 0.1) is 0 Å². The summed E-state index contributed by atoms with van der Waals surface area (Å²) in [4.78, 5) is 23.6. The van der Waals surface area contributed by atoms with Gasteiger partial charge in [0.05, 0.1) is 7.11 Å². The Labute approximate surface area is 86.0 Å². The Balaban J connectivity index is 2.64. The van der Waals surface area contributed by atoms with Crippen molar-refractivity contribution in [2.24, 2.45) is 10.2 Å². The van der Waals surface area contributed by atoms with Crippen LogP contribution in [-0.2, 0) is 14.3 Å². The molecule has 2 N–H and O–H groups in total. The number of hydrogen-bond acceptors (Lipinski definition) is 7. The fourth-order valence-corrected chi connectivity index (χ4v) is 0.763. The molecule has 0 fully saturated rings. The Morgan fingerprint density at radius 1 is 1.20 bits per heavy atom. The van der Waals surface area contributed by atoms with Crippen molar-refractivity contribution in [3.8, 4) is 0 Å². The first kappa shape index (κ1) is 11.0. The maximum absolute atomic E-state index is 11.4. The number of nitrogens with one attached hydrogen (secondary N) is 2. The number of ether oxygens (including phenoxy) is 1. The van der Waals surface area contributed by atoms with E-state index >= 15 is 0 Å². The van der Waals surface area contributed by atoms with Gasteiger partial charge in [0.25, 0.3) is 11.7 Å². The van der Waals surface area contributed by atoms with Crippen molar-refractivity contribution < 1.29 is 14.3 Å². The number of rotatable bonds is 2. The standard InChI is InChI=1S/C7H11N5O3/c1-12(2)6(13)4-8-10-5(11-9-4)7(14)15-3/h1-3H3,(H,8,9)(H,10,11). The van der Waals surface area contributed by atoms with Gasteiger partial charge in [-0.15, -0.1) is 10.2 Å². The summed E-state index contributed by atoms with van der Waals surface area (Å²) in [5.74, 6) is -1.11. The van der Waals surface area contributed by atoms with Crippen LogP contribution in [0.5, 0.6) is 0 Å². The molecule has 0 aromatic heterocycles. The van der Waals surface area contributed by atoms with Gasteiger partial charge in [-0.1, -0.05) is 0 Å². The Bertz CT molecular complexity index is 347. The van der Waals surface area contributed by atoms with Crippen LogP contribution in [0.15, 0.2) is 10.2 Å². The van der Waals surface area contributed by atoms with Crippen molar-refractivity contribution in [2.75, 3.05) is 21.2 Å². The smallest absolute Gasteiger partial charge is 0.377 e. The number of carbonyl (C=O) groups is 2. The summed E-state index contributed by atoms with van der Waals surface area (Å²) in [5, 5.41) is 7.22. The highest BCUT2D eigenvalue weighted by Crippen LogP contribution is 1.89. The van der Waals surface area contributed by atoms with Gasteiger partial charge < -0.3 is 9.64 Å². The van der Waals surface area contributed by atoms with E-state index in [1.165, 1.54) is 12.0 Å². The van der Waals surface area contributed by atoms with E-state index in [2.05, 4.69) is 25.8 Å². The van der Waals surface area contributed by atoms with Gasteiger partial charge in [-0.3, -0.25) is 15.6 Å². The monoisotopic (exact) mass is 213 g/mol. The molecule has 0 unspecified atom stereocenters. The van der Waals surface area contributed by atoms with Gasteiger partial charge in [-0.2, -0.15) is 0 Å². The third-order valence-electron chi connectivity index (χ3n) is 1.53. The van der Waals surface area contributed by atoms with Gasteiger partial charge in [-0.25, -0.2) is 4.79 Å². The number of hydrogen-bond donors (Lipinski definition) is 2. The van der Waals surface area contributed by atoms with Gasteiger partial charge in [-0.05, 0) is 0 Å². The van der Waals surface area contributed by atoms with Crippen LogP contribution in [0.25, 0.3) is 0 Å². The van der Waals surface area contributed by atoms with Crippen LogP contribution < -0.4 is 10.9 Å². The van der Waals surface area contributed by atoms with Crippen molar-refractivity contribution in [3.63, 3.8) is 0 Å². The van der Waals surface area contributed by atoms with Crippen molar-refractivity contribution >= 4 is 23.5 Å². The largest absolute Gasteiger partial charge is 0.463 e. The molecule has 1 aliphatic rings. The van der Waals surface area contributed by atoms with Crippen molar-refractivity contribution in [1.82, 2.24) is 15.8 Å². The summed E-state index contributed by atoms with van der Waals surface area (Å²) in [5.41, 5.74) is 4.66. The van der Waals surface area contributed by atoms with E-state index < -0.39 is 5.97 Å². The quantitative estimate of drug-likeness (QED) is 0.521. The molecule has 0 radical (unpaired) electrons. The van der Waals surface area contributed by atoms with E-state index in [0.717, 1.165) is 0 Å². The molecule has 15 heavy (non-hydrogen) atoms. The lowest BCUT2D eigenvalue weighted by molar-refractivity contribution is -0.133. The average Bonchev–Trinajstić information content (AvgIpc) is 2.27. The summed E-state index contributed by atoms with van der Waals surface area (Å²) in [6, 6.07) is 0. The number of methoxy groups -OCH3 is 1. The molecule has 0 bridgehead atoms. The summed E-state index contributed by atoms with van der Waals surface area (Å²) in [7, 11) is 4.37. The first-order valence-electron chi connectivity index (χ1n) is 4.03. The molecule has 0 aromatic carbocycles. The van der Waals surface area contributed by atoms with E-state index in [1.807, 2.05) is 0 Å². The summed E-state index contributed by atoms with van der Waals surface area (Å²) in [6.45, 7) is 0. The van der Waals surface area contributed by atoms with Crippen LogP contribution >= 0.6 is 0 Å². The maximum Gasteiger partial charge on any atom is 0.377 e. The molecule has 0 saturated heterocycles. The lowest BCUT2D eigenvalue weighted by Crippen LogP contribution is -2.45. The molecule has 8 nitrogen and oxygen atoms in total. The summed E-state index contributed by atoms with van der Waals surface area (Å²) in [6.07, 6.45) is 0. The van der Waals surface area contributed by atoms with E-state index in [-0.39, 0.29) is 17.6 Å². The molecular formula is C7H11N5O3. The molecule has 0 atom stereocenters. The first-order valence-corrected chi connectivity index (χ1v) is 4.03. The minimum Gasteiger partial charge on any atom is -0.463 e. The Morgan fingerprint density at radius 3 is 2.13 bits per heavy atom. The second kappa shape index (κ2) is 4.40. The van der Waals surface area contributed by atoms with Gasteiger partial charge >= 0.3 is 5.97 Å². The minimum atomic E-state index is -0.664. The van der Waals surface area contributed by atoms with E-state index in [0.29, 0.717) is 0 Å². The topological polar surface area (TPSA) is 95.4 Å². The number of amidine groups is 2. The number of likely N-dealkylation sites (N-methyl/N-ethyl adjacent to an activating group) is 1. The molecule has 1 aliphatic heterocycles. The predicted molar refractivity (Wildman–Crippen MR) is 51.9 cm³/mol. The fraction of sp³-hybridized carbons (Fsp3) is 0.429. The van der Waals surface area contributed by atoms with Crippen molar-refractivity contribution in [2.45, 2.75) is 0 Å². The SMILES string of the molecule is COC(=O)C1=NNC(C(=O)N(C)C)=NN1. The van der Waals surface area contributed by atoms with Gasteiger partial charge in [0, 0.05) is 14.1 Å². The van der Waals surface area contributed by atoms with Crippen molar-refractivity contribution in [1.29, 1.82) is 0 Å². The highest BCUT2D eigenvalue weighted by atomic mass is 16.5. The molecule has 0 saturated carbocycles. The molecule has 82 valence electrons. The van der Waals surface area contributed by atoms with E-state index in [9.17, 15) is 9.59 Å². The lowest BCUT2D eigenvalue weighted by Gasteiger charge is -2.15. The molecule has 0 aliphatic carbocycles. The summed E-state index contributed by atoms with van der Waals surface area (Å²) >= 11 is 0. The number of carbonyl (C=O) groups excluding carboxylic acids is 2. The molecule has 0 aromatic rings. The van der Waals surface area contributed by atoms with E-state index in [1.54, 1.807) is 14.1 Å². The van der Waals surface area contributed by atoms with Crippen LogP contribution in [0.2, 0.25) is 0 Å². The highest BCUT2D eigenvalue weighted by molar-refractivity contribution is 6.41. The predicted octanol–water partition coefficient (Wildman–Crippen LogP) is -1.93. The van der Waals surface area contributed by atoms with Gasteiger partial charge in [0.15, 0.2) is 0 Å². The van der Waals surface area contributed by atoms with Gasteiger partial charge in [0.1, 0.15) is 0 Å². The van der Waals surface area contributed by atoms with Crippen LogP contribution in [-0.4, -0.2) is 49.7 Å². The Kier molecular flexibility index (Phi) is 3.21. The fourth-order valence-electron chi connectivity index (χ4n) is 0.763. The maximum atomic E-state index is 11.4. The molecular weight excluding hydrogens is 202 g/mol. The summed E-state index contributed by atoms with van der Waals surface area (Å²) < 4.78 is 4.40. The molecule has 8 heteroatoms. The zero-order valence-electron chi connectivity index (χ0n) is 8.57. The second-order valence-corrected chi connectivity index (χ2v) is 2.84. The molecule has 1 amide bonds. The lowest BCUT2D eigenvalue weighted by atomic mass is 10.5. The number of esters is 1. The first-order chi connectivity index (χ1) is 7.06. The third-order valence-corrected chi connectivity index (χ3v) is 1.53. The second-order valence-electron chi connectivity index (χ2n) is 2.84. The third kappa shape index (κ3) is 2.42. The number of hydrazone groups is 2. The van der Waals surface area contributed by atoms with Crippen molar-refractivity contribution in [3.05, 3.63) is 0 Å². The zero-order chi connectivity index (χ0) is 11.4. The highest BCUT2D eigenvalue weighted by Gasteiger charge is 2.20. The normalized spacial score (nSPS) is 14.1. The van der Waals surface area contributed by atoms with Gasteiger partial charge in [0.2, 0.25) is 5.84 Å². The van der Waals surface area contributed by atoms with Crippen LogP contribution in [0.1, 0.15) is 0 Å². The average molecular weight is 213 g/mol. The molecule has 0 spiro atoms. The number of nitrogens with zero attached hydrogens (tertiary/aromatic N) is 3. The number of amides is 1. The Morgan fingerprint density at radius 2 is 1.73 bits per heavy atom. The molecule has 1 rings (SSSR count). The Hall–Kier alpha value is -2.12.